The average molecular weight is 455 g/mol. The van der Waals surface area contributed by atoms with Crippen LogP contribution in [0.5, 0.6) is 0 Å². The van der Waals surface area contributed by atoms with Crippen molar-refractivity contribution in [3.05, 3.63) is 95.3 Å². The number of aromatic nitrogens is 4. The van der Waals surface area contributed by atoms with Crippen molar-refractivity contribution < 1.29 is 9.18 Å². The van der Waals surface area contributed by atoms with Gasteiger partial charge in [0.2, 0.25) is 5.91 Å². The molecular weight excluding hydrogens is 433 g/mol. The van der Waals surface area contributed by atoms with Crippen LogP contribution in [0.4, 0.5) is 10.2 Å². The molecule has 1 unspecified atom stereocenters. The Morgan fingerprint density at radius 3 is 2.82 bits per heavy atom. The van der Waals surface area contributed by atoms with E-state index >= 15 is 0 Å². The number of carbonyl (C=O) groups excluding carboxylic acids is 1. The monoisotopic (exact) mass is 455 g/mol. The Morgan fingerprint density at radius 2 is 2.12 bits per heavy atom. The molecular formula is C25H22FN7O. The molecule has 3 heterocycles. The van der Waals surface area contributed by atoms with E-state index in [0.29, 0.717) is 41.2 Å². The highest BCUT2D eigenvalue weighted by molar-refractivity contribution is 5.87. The summed E-state index contributed by atoms with van der Waals surface area (Å²) in [4.78, 5) is 21.3. The molecule has 0 radical (unpaired) electrons. The van der Waals surface area contributed by atoms with Crippen molar-refractivity contribution in [1.29, 1.82) is 5.26 Å². The number of rotatable bonds is 8. The summed E-state index contributed by atoms with van der Waals surface area (Å²) in [5.74, 6) is -1.19. The number of hydrogen-bond donors (Lipinski definition) is 2. The van der Waals surface area contributed by atoms with E-state index in [-0.39, 0.29) is 11.5 Å². The van der Waals surface area contributed by atoms with E-state index in [9.17, 15) is 14.4 Å². The molecule has 170 valence electrons. The minimum absolute atomic E-state index is 0.243. The smallest absolute Gasteiger partial charge is 0.229 e. The summed E-state index contributed by atoms with van der Waals surface area (Å²) in [7, 11) is 1.72. The van der Waals surface area contributed by atoms with Crippen LogP contribution in [0, 0.1) is 17.1 Å². The first-order valence-electron chi connectivity index (χ1n) is 10.6. The van der Waals surface area contributed by atoms with Gasteiger partial charge in [0, 0.05) is 37.7 Å². The van der Waals surface area contributed by atoms with Gasteiger partial charge in [-0.25, -0.2) is 9.37 Å². The SMILES string of the molecule is Cn1cc(-c2ccc(C(C(N)=O)c3cccnc3)c(NCCc3cccc(F)c3)n2)c(C#N)n1. The summed E-state index contributed by atoms with van der Waals surface area (Å²) >= 11 is 0. The molecule has 3 aromatic heterocycles. The van der Waals surface area contributed by atoms with E-state index in [1.165, 1.54) is 12.1 Å². The van der Waals surface area contributed by atoms with Gasteiger partial charge in [-0.3, -0.25) is 14.5 Å². The number of amides is 1. The predicted octanol–water partition coefficient (Wildman–Crippen LogP) is 3.16. The first-order valence-corrected chi connectivity index (χ1v) is 10.6. The van der Waals surface area contributed by atoms with E-state index in [2.05, 4.69) is 21.5 Å². The zero-order valence-corrected chi connectivity index (χ0v) is 18.4. The predicted molar refractivity (Wildman–Crippen MR) is 125 cm³/mol. The van der Waals surface area contributed by atoms with E-state index in [4.69, 9.17) is 10.7 Å². The van der Waals surface area contributed by atoms with Gasteiger partial charge in [-0.15, -0.1) is 0 Å². The van der Waals surface area contributed by atoms with Gasteiger partial charge in [0.1, 0.15) is 17.7 Å². The van der Waals surface area contributed by atoms with Crippen LogP contribution in [0.25, 0.3) is 11.3 Å². The van der Waals surface area contributed by atoms with Crippen molar-refractivity contribution in [3.63, 3.8) is 0 Å². The first-order chi connectivity index (χ1) is 16.5. The molecule has 1 amide bonds. The highest BCUT2D eigenvalue weighted by Gasteiger charge is 2.25. The quantitative estimate of drug-likeness (QED) is 0.421. The van der Waals surface area contributed by atoms with Gasteiger partial charge >= 0.3 is 0 Å². The second-order valence-corrected chi connectivity index (χ2v) is 7.74. The van der Waals surface area contributed by atoms with Crippen LogP contribution >= 0.6 is 0 Å². The molecule has 0 bridgehead atoms. The Bertz CT molecular complexity index is 1360. The molecule has 1 aromatic carbocycles. The van der Waals surface area contributed by atoms with Crippen LogP contribution in [0.15, 0.2) is 67.1 Å². The lowest BCUT2D eigenvalue weighted by molar-refractivity contribution is -0.118. The molecule has 9 heteroatoms. The molecule has 1 atom stereocenters. The molecule has 8 nitrogen and oxygen atoms in total. The standard InChI is InChI=1S/C25H22FN7O/c1-33-15-20(22(13-27)32-33)21-8-7-19(23(24(28)34)17-5-3-10-29-14-17)25(31-21)30-11-9-16-4-2-6-18(26)12-16/h2-8,10,12,14-15,23H,9,11H2,1H3,(H2,28,34)(H,30,31). The number of anilines is 1. The fourth-order valence-electron chi connectivity index (χ4n) is 3.81. The Kier molecular flexibility index (Phi) is 6.59. The van der Waals surface area contributed by atoms with E-state index in [0.717, 1.165) is 5.56 Å². The summed E-state index contributed by atoms with van der Waals surface area (Å²) in [5, 5.41) is 16.9. The van der Waals surface area contributed by atoms with Gasteiger partial charge in [-0.2, -0.15) is 10.4 Å². The van der Waals surface area contributed by atoms with Crippen molar-refractivity contribution in [1.82, 2.24) is 19.7 Å². The number of nitrogens with two attached hydrogens (primary N) is 1. The maximum atomic E-state index is 13.6. The number of primary amides is 1. The third-order valence-corrected chi connectivity index (χ3v) is 5.35. The summed E-state index contributed by atoms with van der Waals surface area (Å²) in [6, 6.07) is 15.5. The second-order valence-electron chi connectivity index (χ2n) is 7.74. The fraction of sp³-hybridized carbons (Fsp3) is 0.160. The average Bonchev–Trinajstić information content (AvgIpc) is 3.21. The summed E-state index contributed by atoms with van der Waals surface area (Å²) in [6.07, 6.45) is 5.46. The van der Waals surface area contributed by atoms with Crippen LogP contribution in [-0.4, -0.2) is 32.2 Å². The van der Waals surface area contributed by atoms with Gasteiger partial charge in [-0.1, -0.05) is 24.3 Å². The molecule has 34 heavy (non-hydrogen) atoms. The maximum absolute atomic E-state index is 13.6. The number of hydrogen-bond acceptors (Lipinski definition) is 6. The minimum Gasteiger partial charge on any atom is -0.369 e. The van der Waals surface area contributed by atoms with Crippen LogP contribution in [0.1, 0.15) is 28.3 Å². The van der Waals surface area contributed by atoms with Crippen molar-refractivity contribution in [2.24, 2.45) is 12.8 Å². The van der Waals surface area contributed by atoms with Crippen molar-refractivity contribution in [2.45, 2.75) is 12.3 Å². The first kappa shape index (κ1) is 22.6. The minimum atomic E-state index is -0.781. The van der Waals surface area contributed by atoms with E-state index < -0.39 is 11.8 Å². The summed E-state index contributed by atoms with van der Waals surface area (Å²) in [5.41, 5.74) is 9.15. The summed E-state index contributed by atoms with van der Waals surface area (Å²) in [6.45, 7) is 0.434. The van der Waals surface area contributed by atoms with Crippen molar-refractivity contribution in [2.75, 3.05) is 11.9 Å². The number of nitriles is 1. The molecule has 0 saturated heterocycles. The lowest BCUT2D eigenvalue weighted by Gasteiger charge is -2.19. The number of aryl methyl sites for hydroxylation is 1. The van der Waals surface area contributed by atoms with E-state index in [1.807, 2.05) is 6.07 Å². The van der Waals surface area contributed by atoms with Crippen LogP contribution in [0.3, 0.4) is 0 Å². The Balaban J connectivity index is 1.73. The maximum Gasteiger partial charge on any atom is 0.229 e. The highest BCUT2D eigenvalue weighted by atomic mass is 19.1. The number of halogens is 1. The third-order valence-electron chi connectivity index (χ3n) is 5.35. The highest BCUT2D eigenvalue weighted by Crippen LogP contribution is 2.32. The normalized spacial score (nSPS) is 11.6. The number of nitrogens with one attached hydrogen (secondary N) is 1. The lowest BCUT2D eigenvalue weighted by atomic mass is 9.91. The molecule has 0 fully saturated rings. The Labute approximate surface area is 195 Å². The van der Waals surface area contributed by atoms with Crippen molar-refractivity contribution in [3.8, 4) is 17.3 Å². The number of carbonyl (C=O) groups is 1. The summed E-state index contributed by atoms with van der Waals surface area (Å²) < 4.78 is 15.1. The van der Waals surface area contributed by atoms with Gasteiger partial charge in [0.25, 0.3) is 0 Å². The van der Waals surface area contributed by atoms with Crippen molar-refractivity contribution >= 4 is 11.7 Å². The lowest BCUT2D eigenvalue weighted by Crippen LogP contribution is -2.24. The molecule has 0 aliphatic rings. The topological polar surface area (TPSA) is 123 Å². The van der Waals surface area contributed by atoms with Gasteiger partial charge in [-0.05, 0) is 41.8 Å². The van der Waals surface area contributed by atoms with Gasteiger partial charge in [0.15, 0.2) is 5.69 Å². The van der Waals surface area contributed by atoms with E-state index in [1.54, 1.807) is 60.7 Å². The molecule has 4 aromatic rings. The molecule has 0 aliphatic heterocycles. The second kappa shape index (κ2) is 9.92. The molecule has 0 saturated carbocycles. The molecule has 0 spiro atoms. The van der Waals surface area contributed by atoms with Crippen LogP contribution in [-0.2, 0) is 18.3 Å². The number of benzene rings is 1. The third kappa shape index (κ3) is 4.91. The van der Waals surface area contributed by atoms with Crippen LogP contribution < -0.4 is 11.1 Å². The van der Waals surface area contributed by atoms with Crippen LogP contribution in [0.2, 0.25) is 0 Å². The Hall–Kier alpha value is -4.58. The Morgan fingerprint density at radius 1 is 1.26 bits per heavy atom. The van der Waals surface area contributed by atoms with Gasteiger partial charge in [0.05, 0.1) is 17.2 Å². The zero-order valence-electron chi connectivity index (χ0n) is 18.4. The van der Waals surface area contributed by atoms with Gasteiger partial charge < -0.3 is 11.1 Å². The molecule has 4 rings (SSSR count). The number of pyridine rings is 2. The molecule has 3 N–H and O–H groups in total. The largest absolute Gasteiger partial charge is 0.369 e. The fourth-order valence-corrected chi connectivity index (χ4v) is 3.81. The number of nitrogens with zero attached hydrogens (tertiary/aromatic N) is 5. The zero-order chi connectivity index (χ0) is 24.1. The molecule has 0 aliphatic carbocycles.